The molecule has 0 spiro atoms. The van der Waals surface area contributed by atoms with Gasteiger partial charge in [-0.1, -0.05) is 23.7 Å². The second-order valence-corrected chi connectivity index (χ2v) is 6.05. The summed E-state index contributed by atoms with van der Waals surface area (Å²) in [5, 5.41) is 18.7. The average molecular weight is 343 g/mol. The van der Waals surface area contributed by atoms with Gasteiger partial charge in [-0.05, 0) is 29.8 Å². The van der Waals surface area contributed by atoms with Crippen molar-refractivity contribution in [3.63, 3.8) is 0 Å². The summed E-state index contributed by atoms with van der Waals surface area (Å²) in [4.78, 5) is 4.15. The van der Waals surface area contributed by atoms with E-state index in [1.807, 2.05) is 37.5 Å². The molecule has 3 rings (SSSR count). The Morgan fingerprint density at radius 1 is 1.25 bits per heavy atom. The third-order valence-corrected chi connectivity index (χ3v) is 4.00. The molecule has 0 aliphatic heterocycles. The van der Waals surface area contributed by atoms with E-state index < -0.39 is 6.10 Å². The predicted molar refractivity (Wildman–Crippen MR) is 94.6 cm³/mol. The van der Waals surface area contributed by atoms with E-state index in [0.717, 1.165) is 22.4 Å². The first-order valence-electron chi connectivity index (χ1n) is 7.70. The lowest BCUT2D eigenvalue weighted by Crippen LogP contribution is -2.21. The van der Waals surface area contributed by atoms with Crippen LogP contribution in [-0.4, -0.2) is 26.4 Å². The number of benzene rings is 1. The van der Waals surface area contributed by atoms with Gasteiger partial charge in [0.25, 0.3) is 0 Å². The highest BCUT2D eigenvalue weighted by molar-refractivity contribution is 6.30. The van der Waals surface area contributed by atoms with Gasteiger partial charge in [-0.3, -0.25) is 9.67 Å². The summed E-state index contributed by atoms with van der Waals surface area (Å²) in [7, 11) is 1.89. The van der Waals surface area contributed by atoms with Gasteiger partial charge in [0, 0.05) is 54.9 Å². The Hall–Kier alpha value is -2.21. The molecular formula is C18H19ClN4O. The van der Waals surface area contributed by atoms with Gasteiger partial charge in [0.2, 0.25) is 0 Å². The molecule has 124 valence electrons. The lowest BCUT2D eigenvalue weighted by molar-refractivity contribution is 0.174. The largest absolute Gasteiger partial charge is 0.387 e. The van der Waals surface area contributed by atoms with Gasteiger partial charge in [0.05, 0.1) is 11.8 Å². The Kier molecular flexibility index (Phi) is 5.25. The number of aliphatic hydroxyl groups is 1. The van der Waals surface area contributed by atoms with E-state index in [0.29, 0.717) is 18.1 Å². The van der Waals surface area contributed by atoms with Gasteiger partial charge in [0.15, 0.2) is 0 Å². The Balaban J connectivity index is 1.64. The van der Waals surface area contributed by atoms with E-state index in [1.54, 1.807) is 29.2 Å². The Morgan fingerprint density at radius 2 is 2.04 bits per heavy atom. The quantitative estimate of drug-likeness (QED) is 0.723. The summed E-state index contributed by atoms with van der Waals surface area (Å²) < 4.78 is 1.79. The highest BCUT2D eigenvalue weighted by Gasteiger charge is 2.12. The Labute approximate surface area is 145 Å². The summed E-state index contributed by atoms with van der Waals surface area (Å²) in [6, 6.07) is 11.1. The van der Waals surface area contributed by atoms with Crippen molar-refractivity contribution in [3.8, 4) is 11.3 Å². The first kappa shape index (κ1) is 16.6. The van der Waals surface area contributed by atoms with Crippen molar-refractivity contribution in [1.29, 1.82) is 0 Å². The van der Waals surface area contributed by atoms with E-state index in [4.69, 9.17) is 11.6 Å². The summed E-state index contributed by atoms with van der Waals surface area (Å²) in [5.41, 5.74) is 3.78. The number of halogens is 1. The van der Waals surface area contributed by atoms with Crippen LogP contribution in [0, 0.1) is 0 Å². The zero-order chi connectivity index (χ0) is 16.9. The highest BCUT2D eigenvalue weighted by Crippen LogP contribution is 2.21. The van der Waals surface area contributed by atoms with Gasteiger partial charge in [-0.15, -0.1) is 0 Å². The minimum absolute atomic E-state index is 0.447. The monoisotopic (exact) mass is 342 g/mol. The van der Waals surface area contributed by atoms with Crippen LogP contribution >= 0.6 is 11.6 Å². The van der Waals surface area contributed by atoms with Crippen LogP contribution in [0.15, 0.2) is 55.0 Å². The standard InChI is InChI=1S/C18H19ClN4O/c1-23-12-15(18(22-23)14-3-2-8-20-9-14)10-21-11-17(24)13-4-6-16(19)7-5-13/h2-9,12,17,21,24H,10-11H2,1H3/t17-/m1/s1. The van der Waals surface area contributed by atoms with E-state index >= 15 is 0 Å². The normalized spacial score (nSPS) is 12.3. The number of aliphatic hydroxyl groups excluding tert-OH is 1. The third-order valence-electron chi connectivity index (χ3n) is 3.75. The molecule has 1 atom stereocenters. The van der Waals surface area contributed by atoms with Crippen LogP contribution in [-0.2, 0) is 13.6 Å². The van der Waals surface area contributed by atoms with Crippen molar-refractivity contribution in [2.45, 2.75) is 12.6 Å². The van der Waals surface area contributed by atoms with E-state index in [9.17, 15) is 5.11 Å². The van der Waals surface area contributed by atoms with Crippen molar-refractivity contribution < 1.29 is 5.11 Å². The molecule has 1 aromatic carbocycles. The molecule has 2 N–H and O–H groups in total. The van der Waals surface area contributed by atoms with Crippen LogP contribution in [0.3, 0.4) is 0 Å². The molecule has 2 heterocycles. The molecule has 0 unspecified atom stereocenters. The molecule has 0 bridgehead atoms. The number of nitrogens with zero attached hydrogens (tertiary/aromatic N) is 3. The van der Waals surface area contributed by atoms with Crippen molar-refractivity contribution in [2.24, 2.45) is 7.05 Å². The summed E-state index contributed by atoms with van der Waals surface area (Å²) in [6.45, 7) is 1.06. The van der Waals surface area contributed by atoms with Crippen molar-refractivity contribution >= 4 is 11.6 Å². The molecule has 0 radical (unpaired) electrons. The Bertz CT molecular complexity index is 787. The fourth-order valence-electron chi connectivity index (χ4n) is 2.56. The molecule has 6 heteroatoms. The number of aryl methyl sites for hydroxylation is 1. The second-order valence-electron chi connectivity index (χ2n) is 5.62. The SMILES string of the molecule is Cn1cc(CNC[C@@H](O)c2ccc(Cl)cc2)c(-c2cccnc2)n1. The first-order valence-corrected chi connectivity index (χ1v) is 8.08. The number of pyridine rings is 1. The smallest absolute Gasteiger partial charge is 0.0983 e. The fourth-order valence-corrected chi connectivity index (χ4v) is 2.69. The maximum absolute atomic E-state index is 10.2. The average Bonchev–Trinajstić information content (AvgIpc) is 2.97. The topological polar surface area (TPSA) is 63.0 Å². The van der Waals surface area contributed by atoms with Crippen LogP contribution in [0.2, 0.25) is 5.02 Å². The van der Waals surface area contributed by atoms with Crippen LogP contribution in [0.1, 0.15) is 17.2 Å². The van der Waals surface area contributed by atoms with E-state index in [2.05, 4.69) is 15.4 Å². The maximum Gasteiger partial charge on any atom is 0.0983 e. The van der Waals surface area contributed by atoms with E-state index in [-0.39, 0.29) is 0 Å². The van der Waals surface area contributed by atoms with Gasteiger partial charge >= 0.3 is 0 Å². The van der Waals surface area contributed by atoms with Crippen molar-refractivity contribution in [1.82, 2.24) is 20.1 Å². The molecule has 3 aromatic rings. The second kappa shape index (κ2) is 7.57. The Morgan fingerprint density at radius 3 is 2.75 bits per heavy atom. The summed E-state index contributed by atoms with van der Waals surface area (Å²) >= 11 is 5.87. The third kappa shape index (κ3) is 4.00. The maximum atomic E-state index is 10.2. The molecule has 5 nitrogen and oxygen atoms in total. The molecular weight excluding hydrogens is 324 g/mol. The highest BCUT2D eigenvalue weighted by atomic mass is 35.5. The fraction of sp³-hybridized carbons (Fsp3) is 0.222. The van der Waals surface area contributed by atoms with Crippen LogP contribution in [0.25, 0.3) is 11.3 Å². The van der Waals surface area contributed by atoms with Crippen molar-refractivity contribution in [2.75, 3.05) is 6.54 Å². The van der Waals surface area contributed by atoms with Crippen LogP contribution < -0.4 is 5.32 Å². The minimum atomic E-state index is -0.583. The molecule has 0 amide bonds. The van der Waals surface area contributed by atoms with Crippen molar-refractivity contribution in [3.05, 3.63) is 71.1 Å². The molecule has 2 aromatic heterocycles. The van der Waals surface area contributed by atoms with Crippen LogP contribution in [0.4, 0.5) is 0 Å². The predicted octanol–water partition coefficient (Wildman–Crippen LogP) is 2.96. The summed E-state index contributed by atoms with van der Waals surface area (Å²) in [5.74, 6) is 0. The van der Waals surface area contributed by atoms with Crippen LogP contribution in [0.5, 0.6) is 0 Å². The number of nitrogens with one attached hydrogen (secondary N) is 1. The molecule has 0 saturated heterocycles. The van der Waals surface area contributed by atoms with Gasteiger partial charge in [-0.2, -0.15) is 5.10 Å². The zero-order valence-electron chi connectivity index (χ0n) is 13.4. The van der Waals surface area contributed by atoms with Gasteiger partial charge in [0.1, 0.15) is 0 Å². The molecule has 0 fully saturated rings. The first-order chi connectivity index (χ1) is 11.6. The molecule has 0 saturated carbocycles. The lowest BCUT2D eigenvalue weighted by atomic mass is 10.1. The number of aromatic nitrogens is 3. The zero-order valence-corrected chi connectivity index (χ0v) is 14.1. The number of hydrogen-bond donors (Lipinski definition) is 2. The summed E-state index contributed by atoms with van der Waals surface area (Å²) in [6.07, 6.45) is 4.94. The molecule has 0 aliphatic carbocycles. The number of hydrogen-bond acceptors (Lipinski definition) is 4. The molecule has 0 aliphatic rings. The lowest BCUT2D eigenvalue weighted by Gasteiger charge is -2.12. The molecule has 24 heavy (non-hydrogen) atoms. The minimum Gasteiger partial charge on any atom is -0.387 e. The van der Waals surface area contributed by atoms with Gasteiger partial charge in [-0.25, -0.2) is 0 Å². The van der Waals surface area contributed by atoms with Gasteiger partial charge < -0.3 is 10.4 Å². The van der Waals surface area contributed by atoms with E-state index in [1.165, 1.54) is 0 Å². The number of rotatable bonds is 6.